The Morgan fingerprint density at radius 2 is 1.63 bits per heavy atom. The summed E-state index contributed by atoms with van der Waals surface area (Å²) in [6, 6.07) is 18.5. The number of nitrogens with two attached hydrogens (primary N) is 1. The number of sulfonamides is 1. The van der Waals surface area contributed by atoms with E-state index in [1.54, 1.807) is 48.5 Å². The van der Waals surface area contributed by atoms with Gasteiger partial charge in [0.1, 0.15) is 11.5 Å². The molecule has 198 valence electrons. The molecule has 3 aromatic carbocycles. The Kier molecular flexibility index (Phi) is 7.18. The number of aliphatic hydroxyl groups excluding tert-OH is 1. The van der Waals surface area contributed by atoms with E-state index < -0.39 is 27.8 Å². The SMILES string of the molecule is CCOc1ccc(/C(O)=C2/C(=O)C(=O)N(c3ccc(S(N)(=O)=O)cc3)C2c2ccccc2)cc1C(C)(C)C. The summed E-state index contributed by atoms with van der Waals surface area (Å²) in [6.45, 7) is 8.41. The second-order valence-corrected chi connectivity index (χ2v) is 11.6. The van der Waals surface area contributed by atoms with Gasteiger partial charge in [-0.3, -0.25) is 14.5 Å². The van der Waals surface area contributed by atoms with E-state index >= 15 is 0 Å². The summed E-state index contributed by atoms with van der Waals surface area (Å²) in [5, 5.41) is 16.7. The average Bonchev–Trinajstić information content (AvgIpc) is 3.13. The van der Waals surface area contributed by atoms with Crippen LogP contribution >= 0.6 is 0 Å². The van der Waals surface area contributed by atoms with Crippen LogP contribution in [0.15, 0.2) is 83.3 Å². The van der Waals surface area contributed by atoms with E-state index in [-0.39, 0.29) is 27.3 Å². The Bertz CT molecular complexity index is 1520. The molecule has 1 fully saturated rings. The fourth-order valence-electron chi connectivity index (χ4n) is 4.55. The van der Waals surface area contributed by atoms with Gasteiger partial charge >= 0.3 is 0 Å². The lowest BCUT2D eigenvalue weighted by Gasteiger charge is -2.26. The van der Waals surface area contributed by atoms with Crippen molar-refractivity contribution in [3.05, 3.63) is 95.1 Å². The molecule has 0 aliphatic carbocycles. The molecule has 9 heteroatoms. The summed E-state index contributed by atoms with van der Waals surface area (Å²) in [5.74, 6) is -1.33. The molecule has 1 amide bonds. The first-order valence-corrected chi connectivity index (χ1v) is 13.7. The van der Waals surface area contributed by atoms with Gasteiger partial charge in [-0.1, -0.05) is 51.1 Å². The lowest BCUT2D eigenvalue weighted by atomic mass is 9.84. The predicted molar refractivity (Wildman–Crippen MR) is 145 cm³/mol. The normalized spacial score (nSPS) is 17.6. The summed E-state index contributed by atoms with van der Waals surface area (Å²) in [4.78, 5) is 27.9. The standard InChI is InChI=1S/C29H30N2O6S/c1-5-37-23-16-11-19(17-22(23)29(2,3)4)26(32)24-25(18-9-7-6-8-10-18)31(28(34)27(24)33)20-12-14-21(15-13-20)38(30,35)36/h6-17,25,32H,5H2,1-4H3,(H2,30,35,36)/b26-24-. The van der Waals surface area contributed by atoms with E-state index in [0.29, 0.717) is 23.5 Å². The lowest BCUT2D eigenvalue weighted by molar-refractivity contribution is -0.132. The van der Waals surface area contributed by atoms with Crippen molar-refractivity contribution in [2.45, 2.75) is 44.0 Å². The molecule has 0 bridgehead atoms. The molecular weight excluding hydrogens is 504 g/mol. The summed E-state index contributed by atoms with van der Waals surface area (Å²) in [6.07, 6.45) is 0. The maximum atomic E-state index is 13.4. The second-order valence-electron chi connectivity index (χ2n) is 10.0. The summed E-state index contributed by atoms with van der Waals surface area (Å²) in [7, 11) is -3.95. The average molecular weight is 535 g/mol. The maximum Gasteiger partial charge on any atom is 0.300 e. The first kappa shape index (κ1) is 27.1. The Hall–Kier alpha value is -3.95. The largest absolute Gasteiger partial charge is 0.507 e. The number of aliphatic hydroxyl groups is 1. The number of hydrogen-bond donors (Lipinski definition) is 2. The minimum Gasteiger partial charge on any atom is -0.507 e. The molecule has 0 radical (unpaired) electrons. The Labute approximate surface area is 222 Å². The van der Waals surface area contributed by atoms with Crippen LogP contribution in [0.5, 0.6) is 5.75 Å². The number of benzene rings is 3. The second kappa shape index (κ2) is 10.1. The molecule has 3 aromatic rings. The smallest absolute Gasteiger partial charge is 0.300 e. The van der Waals surface area contributed by atoms with Gasteiger partial charge in [0.2, 0.25) is 10.0 Å². The molecule has 8 nitrogen and oxygen atoms in total. The van der Waals surface area contributed by atoms with Gasteiger partial charge in [-0.15, -0.1) is 0 Å². The maximum absolute atomic E-state index is 13.4. The van der Waals surface area contributed by atoms with Crippen molar-refractivity contribution in [2.75, 3.05) is 11.5 Å². The quantitative estimate of drug-likeness (QED) is 0.269. The lowest BCUT2D eigenvalue weighted by Crippen LogP contribution is -2.29. The van der Waals surface area contributed by atoms with E-state index in [4.69, 9.17) is 9.88 Å². The van der Waals surface area contributed by atoms with Crippen molar-refractivity contribution < 1.29 is 27.9 Å². The van der Waals surface area contributed by atoms with E-state index in [2.05, 4.69) is 0 Å². The minimum atomic E-state index is -3.95. The Balaban J connectivity index is 1.92. The van der Waals surface area contributed by atoms with Crippen LogP contribution in [0.2, 0.25) is 0 Å². The number of primary sulfonamides is 1. The number of hydrogen-bond acceptors (Lipinski definition) is 6. The number of ketones is 1. The fourth-order valence-corrected chi connectivity index (χ4v) is 5.06. The monoisotopic (exact) mass is 534 g/mol. The van der Waals surface area contributed by atoms with E-state index in [1.165, 1.54) is 29.2 Å². The van der Waals surface area contributed by atoms with Gasteiger partial charge in [-0.05, 0) is 60.4 Å². The molecule has 1 aliphatic rings. The highest BCUT2D eigenvalue weighted by atomic mass is 32.2. The predicted octanol–water partition coefficient (Wildman–Crippen LogP) is 4.66. The van der Waals surface area contributed by atoms with E-state index in [1.807, 2.05) is 27.7 Å². The summed E-state index contributed by atoms with van der Waals surface area (Å²) >= 11 is 0. The number of Topliss-reactive ketones (excluding diaryl/α,β-unsaturated/α-hetero) is 1. The zero-order chi connectivity index (χ0) is 27.8. The highest BCUT2D eigenvalue weighted by Crippen LogP contribution is 2.43. The van der Waals surface area contributed by atoms with Gasteiger partial charge in [0.15, 0.2) is 0 Å². The fraction of sp³-hybridized carbons (Fsp3) is 0.241. The number of nitrogens with zero attached hydrogens (tertiary/aromatic N) is 1. The number of carbonyl (C=O) groups is 2. The number of anilines is 1. The first-order chi connectivity index (χ1) is 17.8. The van der Waals surface area contributed by atoms with Gasteiger partial charge in [-0.2, -0.15) is 0 Å². The van der Waals surface area contributed by atoms with Crippen molar-refractivity contribution in [1.82, 2.24) is 0 Å². The van der Waals surface area contributed by atoms with Gasteiger partial charge in [0.05, 0.1) is 23.1 Å². The molecule has 1 aliphatic heterocycles. The summed E-state index contributed by atoms with van der Waals surface area (Å²) in [5.41, 5.74) is 1.71. The topological polar surface area (TPSA) is 127 Å². The van der Waals surface area contributed by atoms with Crippen LogP contribution in [0, 0.1) is 0 Å². The molecule has 0 spiro atoms. The number of rotatable bonds is 6. The van der Waals surface area contributed by atoms with Crippen LogP contribution in [0.1, 0.15) is 50.4 Å². The molecule has 4 rings (SSSR count). The summed E-state index contributed by atoms with van der Waals surface area (Å²) < 4.78 is 29.2. The Morgan fingerprint density at radius 1 is 1.00 bits per heavy atom. The third kappa shape index (κ3) is 5.07. The van der Waals surface area contributed by atoms with Crippen molar-refractivity contribution in [3.8, 4) is 5.75 Å². The number of amides is 1. The molecule has 1 unspecified atom stereocenters. The first-order valence-electron chi connectivity index (χ1n) is 12.1. The molecule has 0 aromatic heterocycles. The molecular formula is C29H30N2O6S. The van der Waals surface area contributed by atoms with Crippen LogP contribution in [0.4, 0.5) is 5.69 Å². The third-order valence-electron chi connectivity index (χ3n) is 6.36. The zero-order valence-corrected chi connectivity index (χ0v) is 22.5. The Morgan fingerprint density at radius 3 is 2.18 bits per heavy atom. The van der Waals surface area contributed by atoms with Gasteiger partial charge in [0.25, 0.3) is 11.7 Å². The minimum absolute atomic E-state index is 0.0688. The molecule has 0 saturated carbocycles. The van der Waals surface area contributed by atoms with Crippen LogP contribution in [0.25, 0.3) is 5.76 Å². The van der Waals surface area contributed by atoms with Crippen LogP contribution in [-0.4, -0.2) is 31.8 Å². The highest BCUT2D eigenvalue weighted by molar-refractivity contribution is 7.89. The van der Waals surface area contributed by atoms with Crippen LogP contribution in [-0.2, 0) is 25.0 Å². The molecule has 1 saturated heterocycles. The molecule has 1 heterocycles. The highest BCUT2D eigenvalue weighted by Gasteiger charge is 2.47. The van der Waals surface area contributed by atoms with Gasteiger partial charge in [-0.25, -0.2) is 13.6 Å². The van der Waals surface area contributed by atoms with Crippen LogP contribution < -0.4 is 14.8 Å². The van der Waals surface area contributed by atoms with Crippen molar-refractivity contribution >= 4 is 33.2 Å². The van der Waals surface area contributed by atoms with Gasteiger partial charge in [0, 0.05) is 16.8 Å². The van der Waals surface area contributed by atoms with Crippen LogP contribution in [0.3, 0.4) is 0 Å². The van der Waals surface area contributed by atoms with E-state index in [0.717, 1.165) is 5.56 Å². The van der Waals surface area contributed by atoms with Crippen molar-refractivity contribution in [3.63, 3.8) is 0 Å². The number of carbonyl (C=O) groups excluding carboxylic acids is 2. The third-order valence-corrected chi connectivity index (χ3v) is 7.29. The van der Waals surface area contributed by atoms with E-state index in [9.17, 15) is 23.1 Å². The van der Waals surface area contributed by atoms with Crippen molar-refractivity contribution in [1.29, 1.82) is 0 Å². The molecule has 1 atom stereocenters. The zero-order valence-electron chi connectivity index (χ0n) is 21.6. The number of ether oxygens (including phenoxy) is 1. The van der Waals surface area contributed by atoms with Crippen molar-refractivity contribution in [2.24, 2.45) is 5.14 Å². The van der Waals surface area contributed by atoms with Gasteiger partial charge < -0.3 is 9.84 Å². The molecule has 3 N–H and O–H groups in total. The molecule has 38 heavy (non-hydrogen) atoms.